The smallest absolute Gasteiger partial charge is 0.163 e. The van der Waals surface area contributed by atoms with Crippen LogP contribution in [0.15, 0.2) is 34.8 Å². The number of hydrogen-bond acceptors (Lipinski definition) is 4. The van der Waals surface area contributed by atoms with Gasteiger partial charge in [-0.05, 0) is 38.0 Å². The van der Waals surface area contributed by atoms with Crippen LogP contribution in [0, 0.1) is 0 Å². The molecule has 0 aliphatic heterocycles. The summed E-state index contributed by atoms with van der Waals surface area (Å²) in [5.74, 6) is 1.47. The highest BCUT2D eigenvalue weighted by Crippen LogP contribution is 2.35. The Balaban J connectivity index is 1.98. The molecule has 0 N–H and O–H groups in total. The fraction of sp³-hybridized carbons (Fsp3) is 0.364. The zero-order valence-electron chi connectivity index (χ0n) is 16.5. The normalized spacial score (nSPS) is 11.6. The van der Waals surface area contributed by atoms with Crippen molar-refractivity contribution in [3.63, 3.8) is 0 Å². The van der Waals surface area contributed by atoms with E-state index in [4.69, 9.17) is 19.4 Å². The lowest BCUT2D eigenvalue weighted by Gasteiger charge is -2.13. The minimum Gasteiger partial charge on any atom is -0.490 e. The fourth-order valence-electron chi connectivity index (χ4n) is 3.44. The van der Waals surface area contributed by atoms with Crippen molar-refractivity contribution in [1.82, 2.24) is 14.5 Å². The first-order valence-electron chi connectivity index (χ1n) is 9.85. The van der Waals surface area contributed by atoms with Crippen LogP contribution in [0.5, 0.6) is 11.5 Å². The van der Waals surface area contributed by atoms with Gasteiger partial charge >= 0.3 is 0 Å². The van der Waals surface area contributed by atoms with Crippen LogP contribution in [0.25, 0.3) is 33.1 Å². The van der Waals surface area contributed by atoms with Gasteiger partial charge in [-0.3, -0.25) is 0 Å². The first-order chi connectivity index (χ1) is 13.7. The Hall–Kier alpha value is -2.34. The zero-order chi connectivity index (χ0) is 19.7. The van der Waals surface area contributed by atoms with Crippen molar-refractivity contribution in [3.8, 4) is 11.5 Å². The number of benzene rings is 2. The van der Waals surface area contributed by atoms with Gasteiger partial charge in [0.1, 0.15) is 5.52 Å². The topological polar surface area (TPSA) is 49.2 Å². The van der Waals surface area contributed by atoms with E-state index in [0.29, 0.717) is 13.2 Å². The highest BCUT2D eigenvalue weighted by molar-refractivity contribution is 9.10. The molecule has 28 heavy (non-hydrogen) atoms. The molecule has 0 bridgehead atoms. The molecule has 0 amide bonds. The Bertz CT molecular complexity index is 1150. The molecular formula is C22H24BrN3O2. The van der Waals surface area contributed by atoms with Gasteiger partial charge in [0.25, 0.3) is 0 Å². The maximum absolute atomic E-state index is 5.93. The molecule has 4 aromatic rings. The molecule has 4 rings (SSSR count). The molecule has 0 unspecified atom stereocenters. The summed E-state index contributed by atoms with van der Waals surface area (Å²) in [5, 5.41) is 1.10. The van der Waals surface area contributed by atoms with Crippen molar-refractivity contribution in [1.29, 1.82) is 0 Å². The summed E-state index contributed by atoms with van der Waals surface area (Å²) in [7, 11) is 0. The van der Waals surface area contributed by atoms with Crippen molar-refractivity contribution >= 4 is 49.0 Å². The van der Waals surface area contributed by atoms with E-state index in [9.17, 15) is 0 Å². The molecule has 2 aromatic carbocycles. The highest BCUT2D eigenvalue weighted by Gasteiger charge is 2.16. The van der Waals surface area contributed by atoms with E-state index in [1.807, 2.05) is 12.1 Å². The van der Waals surface area contributed by atoms with Crippen LogP contribution < -0.4 is 9.47 Å². The second-order valence-electron chi connectivity index (χ2n) is 6.79. The summed E-state index contributed by atoms with van der Waals surface area (Å²) in [6, 6.07) is 10.2. The second-order valence-corrected chi connectivity index (χ2v) is 7.70. The average molecular weight is 442 g/mol. The van der Waals surface area contributed by atoms with Gasteiger partial charge in [-0.2, -0.15) is 0 Å². The number of halogens is 1. The van der Waals surface area contributed by atoms with E-state index in [2.05, 4.69) is 59.5 Å². The summed E-state index contributed by atoms with van der Waals surface area (Å²) in [6.07, 6.45) is 1.88. The van der Waals surface area contributed by atoms with Crippen molar-refractivity contribution in [3.05, 3.63) is 34.8 Å². The summed E-state index contributed by atoms with van der Waals surface area (Å²) < 4.78 is 15.1. The van der Waals surface area contributed by atoms with Crippen molar-refractivity contribution in [2.45, 2.75) is 40.2 Å². The molecule has 5 nitrogen and oxygen atoms in total. The minimum absolute atomic E-state index is 0.645. The van der Waals surface area contributed by atoms with Gasteiger partial charge in [-0.1, -0.05) is 29.8 Å². The van der Waals surface area contributed by atoms with Crippen molar-refractivity contribution in [2.24, 2.45) is 0 Å². The van der Waals surface area contributed by atoms with Crippen LogP contribution in [0.4, 0.5) is 0 Å². The third kappa shape index (κ3) is 3.30. The average Bonchev–Trinajstić information content (AvgIpc) is 3.00. The lowest BCUT2D eigenvalue weighted by atomic mass is 10.2. The number of nitrogens with zero attached hydrogens (tertiary/aromatic N) is 3. The Morgan fingerprint density at radius 2 is 1.54 bits per heavy atom. The maximum Gasteiger partial charge on any atom is 0.163 e. The molecule has 6 heteroatoms. The molecule has 0 atom stereocenters. The van der Waals surface area contributed by atoms with E-state index < -0.39 is 0 Å². The molecular weight excluding hydrogens is 418 g/mol. The monoisotopic (exact) mass is 441 g/mol. The molecule has 2 aromatic heterocycles. The van der Waals surface area contributed by atoms with Crippen LogP contribution in [-0.2, 0) is 6.54 Å². The summed E-state index contributed by atoms with van der Waals surface area (Å²) in [4.78, 5) is 9.92. The third-order valence-corrected chi connectivity index (χ3v) is 5.20. The molecule has 0 spiro atoms. The second kappa shape index (κ2) is 7.95. The molecule has 2 heterocycles. The SMILES string of the molecule is CCCOc1cc2nc3c4cc(Br)ccc4n(CC)c3nc2cc1OCCC. The molecule has 0 saturated heterocycles. The van der Waals surface area contributed by atoms with E-state index in [0.717, 1.165) is 68.5 Å². The van der Waals surface area contributed by atoms with Gasteiger partial charge in [0.15, 0.2) is 17.1 Å². The lowest BCUT2D eigenvalue weighted by Crippen LogP contribution is -2.02. The standard InChI is InChI=1S/C22H24BrN3O2/c1-4-9-27-19-12-16-17(13-20(19)28-10-5-2)25-22-21(24-16)15-11-14(23)7-8-18(15)26(22)6-3/h7-8,11-13H,4-6,9-10H2,1-3H3. The van der Waals surface area contributed by atoms with E-state index in [1.54, 1.807) is 0 Å². The number of rotatable bonds is 7. The number of aromatic nitrogens is 3. The van der Waals surface area contributed by atoms with E-state index in [1.165, 1.54) is 0 Å². The first kappa shape index (κ1) is 19.0. The molecule has 146 valence electrons. The first-order valence-corrected chi connectivity index (χ1v) is 10.6. The van der Waals surface area contributed by atoms with Crippen LogP contribution >= 0.6 is 15.9 Å². The van der Waals surface area contributed by atoms with Crippen LogP contribution in [-0.4, -0.2) is 27.7 Å². The van der Waals surface area contributed by atoms with Gasteiger partial charge < -0.3 is 14.0 Å². The van der Waals surface area contributed by atoms with Gasteiger partial charge in [-0.25, -0.2) is 9.97 Å². The molecule has 0 aliphatic rings. The maximum atomic E-state index is 5.93. The number of ether oxygens (including phenoxy) is 2. The predicted octanol–water partition coefficient (Wildman–Crippen LogP) is 6.10. The summed E-state index contributed by atoms with van der Waals surface area (Å²) in [6.45, 7) is 8.44. The number of hydrogen-bond donors (Lipinski definition) is 0. The Morgan fingerprint density at radius 3 is 2.14 bits per heavy atom. The predicted molar refractivity (Wildman–Crippen MR) is 117 cm³/mol. The van der Waals surface area contributed by atoms with Crippen molar-refractivity contribution < 1.29 is 9.47 Å². The third-order valence-electron chi connectivity index (χ3n) is 4.71. The Kier molecular flexibility index (Phi) is 5.40. The van der Waals surface area contributed by atoms with Crippen LogP contribution in [0.1, 0.15) is 33.6 Å². The molecule has 0 radical (unpaired) electrons. The number of aryl methyl sites for hydroxylation is 1. The van der Waals surface area contributed by atoms with Crippen LogP contribution in [0.2, 0.25) is 0 Å². The highest BCUT2D eigenvalue weighted by atomic mass is 79.9. The van der Waals surface area contributed by atoms with Gasteiger partial charge in [0.05, 0.1) is 29.8 Å². The van der Waals surface area contributed by atoms with E-state index >= 15 is 0 Å². The number of fused-ring (bicyclic) bond motifs is 4. The Labute approximate surface area is 172 Å². The van der Waals surface area contributed by atoms with Crippen LogP contribution in [0.3, 0.4) is 0 Å². The van der Waals surface area contributed by atoms with Gasteiger partial charge in [0.2, 0.25) is 0 Å². The van der Waals surface area contributed by atoms with Crippen molar-refractivity contribution in [2.75, 3.05) is 13.2 Å². The molecule has 0 saturated carbocycles. The molecule has 0 aliphatic carbocycles. The Morgan fingerprint density at radius 1 is 0.893 bits per heavy atom. The van der Waals surface area contributed by atoms with Gasteiger partial charge in [0, 0.05) is 28.5 Å². The van der Waals surface area contributed by atoms with E-state index in [-0.39, 0.29) is 0 Å². The minimum atomic E-state index is 0.645. The summed E-state index contributed by atoms with van der Waals surface area (Å²) >= 11 is 3.58. The lowest BCUT2D eigenvalue weighted by molar-refractivity contribution is 0.269. The largest absolute Gasteiger partial charge is 0.490 e. The molecule has 0 fully saturated rings. The van der Waals surface area contributed by atoms with Gasteiger partial charge in [-0.15, -0.1) is 0 Å². The summed E-state index contributed by atoms with van der Waals surface area (Å²) in [5.41, 5.74) is 4.58. The zero-order valence-corrected chi connectivity index (χ0v) is 18.0. The quantitative estimate of drug-likeness (QED) is 0.347. The fourth-order valence-corrected chi connectivity index (χ4v) is 3.80.